The number of benzene rings is 1. The van der Waals surface area contributed by atoms with Crippen LogP contribution in [0.25, 0.3) is 11.3 Å². The fourth-order valence-electron chi connectivity index (χ4n) is 5.32. The van der Waals surface area contributed by atoms with Crippen molar-refractivity contribution in [1.29, 1.82) is 0 Å². The highest BCUT2D eigenvalue weighted by Gasteiger charge is 2.18. The maximum atomic E-state index is 5.97. The van der Waals surface area contributed by atoms with Crippen LogP contribution in [0.3, 0.4) is 0 Å². The van der Waals surface area contributed by atoms with E-state index in [9.17, 15) is 0 Å². The van der Waals surface area contributed by atoms with Crippen LogP contribution >= 0.6 is 0 Å². The Balaban J connectivity index is 1.33. The van der Waals surface area contributed by atoms with Gasteiger partial charge in [-0.3, -0.25) is 4.98 Å². The molecule has 1 aromatic carbocycles. The molecule has 1 aliphatic carbocycles. The molecule has 0 unspecified atom stereocenters. The van der Waals surface area contributed by atoms with E-state index in [1.165, 1.54) is 95.5 Å². The monoisotopic (exact) mass is 475 g/mol. The highest BCUT2D eigenvalue weighted by Crippen LogP contribution is 2.32. The highest BCUT2D eigenvalue weighted by molar-refractivity contribution is 5.60. The Hall–Kier alpha value is -2.09. The minimum Gasteiger partial charge on any atom is -0.490 e. The Morgan fingerprint density at radius 1 is 0.800 bits per heavy atom. The molecule has 1 aromatic heterocycles. The second-order valence-electron chi connectivity index (χ2n) is 10.6. The van der Waals surface area contributed by atoms with Crippen molar-refractivity contribution in [2.45, 2.75) is 110 Å². The molecule has 0 atom stereocenters. The van der Waals surface area contributed by atoms with Gasteiger partial charge < -0.3 is 4.74 Å². The van der Waals surface area contributed by atoms with Crippen LogP contribution in [0.1, 0.15) is 109 Å². The number of aromatic nitrogens is 1. The van der Waals surface area contributed by atoms with Crippen molar-refractivity contribution in [2.24, 2.45) is 11.8 Å². The van der Waals surface area contributed by atoms with E-state index in [1.54, 1.807) is 0 Å². The van der Waals surface area contributed by atoms with E-state index in [4.69, 9.17) is 9.72 Å². The van der Waals surface area contributed by atoms with E-state index < -0.39 is 0 Å². The second-order valence-corrected chi connectivity index (χ2v) is 10.6. The van der Waals surface area contributed by atoms with Crippen molar-refractivity contribution in [3.8, 4) is 17.0 Å². The maximum Gasteiger partial charge on any atom is 0.119 e. The molecule has 2 aromatic rings. The van der Waals surface area contributed by atoms with Crippen molar-refractivity contribution in [3.63, 3.8) is 0 Å². The molecule has 0 spiro atoms. The predicted octanol–water partition coefficient (Wildman–Crippen LogP) is 9.97. The predicted molar refractivity (Wildman–Crippen MR) is 151 cm³/mol. The molecule has 0 amide bonds. The first-order valence-corrected chi connectivity index (χ1v) is 14.6. The zero-order valence-corrected chi connectivity index (χ0v) is 22.5. The first-order chi connectivity index (χ1) is 17.3. The standard InChI is InChI=1S/C33H49NO/c1-3-5-7-8-9-11-14-30-20-25-33(34-27-30)31-21-23-32(24-22-31)35-26-12-15-29-18-16-28(17-19-29)13-10-6-4-2/h12,15,20-25,27-29H,3-11,13-14,16-19,26H2,1-2H3/b15-12+. The summed E-state index contributed by atoms with van der Waals surface area (Å²) >= 11 is 0. The number of rotatable bonds is 16. The van der Waals surface area contributed by atoms with Crippen LogP contribution in [0, 0.1) is 11.8 Å². The topological polar surface area (TPSA) is 22.1 Å². The average Bonchev–Trinajstić information content (AvgIpc) is 2.90. The summed E-state index contributed by atoms with van der Waals surface area (Å²) < 4.78 is 5.97. The molecule has 0 saturated heterocycles. The fourth-order valence-corrected chi connectivity index (χ4v) is 5.32. The van der Waals surface area contributed by atoms with Crippen LogP contribution < -0.4 is 4.74 Å². The molecule has 1 fully saturated rings. The van der Waals surface area contributed by atoms with Crippen LogP contribution in [0.4, 0.5) is 0 Å². The lowest BCUT2D eigenvalue weighted by molar-refractivity contribution is 0.288. The summed E-state index contributed by atoms with van der Waals surface area (Å²) in [7, 11) is 0. The number of ether oxygens (including phenoxy) is 1. The first kappa shape index (κ1) is 27.5. The Morgan fingerprint density at radius 3 is 2.23 bits per heavy atom. The largest absolute Gasteiger partial charge is 0.490 e. The van der Waals surface area contributed by atoms with Crippen molar-refractivity contribution in [2.75, 3.05) is 6.61 Å². The zero-order chi connectivity index (χ0) is 24.6. The molecule has 0 bridgehead atoms. The Morgan fingerprint density at radius 2 is 1.51 bits per heavy atom. The van der Waals surface area contributed by atoms with E-state index >= 15 is 0 Å². The third-order valence-electron chi connectivity index (χ3n) is 7.66. The second kappa shape index (κ2) is 16.6. The van der Waals surface area contributed by atoms with E-state index in [2.05, 4.69) is 68.6 Å². The molecule has 0 N–H and O–H groups in total. The molecule has 35 heavy (non-hydrogen) atoms. The first-order valence-electron chi connectivity index (χ1n) is 14.6. The molecule has 1 aliphatic rings. The summed E-state index contributed by atoms with van der Waals surface area (Å²) in [5, 5.41) is 0. The number of allylic oxidation sites excluding steroid dienone is 1. The van der Waals surface area contributed by atoms with E-state index in [1.807, 2.05) is 0 Å². The SMILES string of the molecule is CCCCCCCCc1ccc(-c2ccc(OC/C=C/C3CCC(CCCCC)CC3)cc2)nc1. The molecule has 2 nitrogen and oxygen atoms in total. The number of nitrogens with zero attached hydrogens (tertiary/aromatic N) is 1. The van der Waals surface area contributed by atoms with Crippen molar-refractivity contribution in [3.05, 3.63) is 60.3 Å². The summed E-state index contributed by atoms with van der Waals surface area (Å²) in [4.78, 5) is 4.71. The highest BCUT2D eigenvalue weighted by atomic mass is 16.5. The van der Waals surface area contributed by atoms with Gasteiger partial charge in [0.2, 0.25) is 0 Å². The molecule has 1 saturated carbocycles. The van der Waals surface area contributed by atoms with Crippen LogP contribution in [0.2, 0.25) is 0 Å². The molecular weight excluding hydrogens is 426 g/mol. The normalized spacial score (nSPS) is 18.2. The van der Waals surface area contributed by atoms with E-state index in [0.29, 0.717) is 6.61 Å². The van der Waals surface area contributed by atoms with Gasteiger partial charge in [-0.25, -0.2) is 0 Å². The molecule has 1 heterocycles. The van der Waals surface area contributed by atoms with Gasteiger partial charge in [-0.15, -0.1) is 0 Å². The van der Waals surface area contributed by atoms with Crippen molar-refractivity contribution >= 4 is 0 Å². The lowest BCUT2D eigenvalue weighted by Crippen LogP contribution is -2.13. The van der Waals surface area contributed by atoms with Crippen LogP contribution in [0.5, 0.6) is 5.75 Å². The van der Waals surface area contributed by atoms with Gasteiger partial charge in [0.25, 0.3) is 0 Å². The Bertz CT molecular complexity index is 815. The van der Waals surface area contributed by atoms with Gasteiger partial charge in [-0.05, 0) is 86.3 Å². The van der Waals surface area contributed by atoms with Crippen molar-refractivity contribution in [1.82, 2.24) is 4.98 Å². The smallest absolute Gasteiger partial charge is 0.119 e. The molecule has 192 valence electrons. The summed E-state index contributed by atoms with van der Waals surface area (Å²) in [6, 6.07) is 12.8. The van der Waals surface area contributed by atoms with Crippen LogP contribution in [-0.4, -0.2) is 11.6 Å². The summed E-state index contributed by atoms with van der Waals surface area (Å²) in [5.41, 5.74) is 3.53. The number of pyridine rings is 1. The van der Waals surface area contributed by atoms with Gasteiger partial charge in [-0.1, -0.05) is 89.9 Å². The molecule has 0 aliphatic heterocycles. The van der Waals surface area contributed by atoms with Crippen LogP contribution in [-0.2, 0) is 6.42 Å². The van der Waals surface area contributed by atoms with Crippen molar-refractivity contribution < 1.29 is 4.74 Å². The maximum absolute atomic E-state index is 5.97. The van der Waals surface area contributed by atoms with Gasteiger partial charge in [0, 0.05) is 11.8 Å². The van der Waals surface area contributed by atoms with Gasteiger partial charge in [-0.2, -0.15) is 0 Å². The van der Waals surface area contributed by atoms with Gasteiger partial charge in [0.15, 0.2) is 0 Å². The Kier molecular flexibility index (Phi) is 13.0. The minimum atomic E-state index is 0.654. The summed E-state index contributed by atoms with van der Waals surface area (Å²) in [6.07, 6.45) is 27.0. The third kappa shape index (κ3) is 10.6. The van der Waals surface area contributed by atoms with Gasteiger partial charge >= 0.3 is 0 Å². The Labute approximate surface area is 215 Å². The zero-order valence-electron chi connectivity index (χ0n) is 22.5. The molecule has 2 heteroatoms. The average molecular weight is 476 g/mol. The number of hydrogen-bond acceptors (Lipinski definition) is 2. The van der Waals surface area contributed by atoms with Gasteiger partial charge in [0.1, 0.15) is 12.4 Å². The number of hydrogen-bond donors (Lipinski definition) is 0. The summed E-state index contributed by atoms with van der Waals surface area (Å²) in [6.45, 7) is 5.22. The third-order valence-corrected chi connectivity index (χ3v) is 7.66. The van der Waals surface area contributed by atoms with E-state index in [-0.39, 0.29) is 0 Å². The van der Waals surface area contributed by atoms with Gasteiger partial charge in [0.05, 0.1) is 5.69 Å². The lowest BCUT2D eigenvalue weighted by atomic mass is 9.79. The summed E-state index contributed by atoms with van der Waals surface area (Å²) in [5.74, 6) is 2.66. The number of aryl methyl sites for hydroxylation is 1. The fraction of sp³-hybridized carbons (Fsp3) is 0.606. The van der Waals surface area contributed by atoms with E-state index in [0.717, 1.165) is 35.3 Å². The molecular formula is C33H49NO. The molecule has 0 radical (unpaired) electrons. The quantitative estimate of drug-likeness (QED) is 0.178. The molecule has 3 rings (SSSR count). The lowest BCUT2D eigenvalue weighted by Gasteiger charge is -2.26. The number of unbranched alkanes of at least 4 members (excludes halogenated alkanes) is 7. The minimum absolute atomic E-state index is 0.654. The van der Waals surface area contributed by atoms with Crippen LogP contribution in [0.15, 0.2) is 54.7 Å².